The van der Waals surface area contributed by atoms with Crippen molar-refractivity contribution in [2.45, 2.75) is 70.6 Å². The third-order valence-corrected chi connectivity index (χ3v) is 12.8. The summed E-state index contributed by atoms with van der Waals surface area (Å²) < 4.78 is 0. The molecule has 1 unspecified atom stereocenters. The van der Waals surface area contributed by atoms with Gasteiger partial charge in [-0.25, -0.2) is 0 Å². The van der Waals surface area contributed by atoms with E-state index < -0.39 is 8.07 Å². The molecule has 1 rings (SSSR count). The van der Waals surface area contributed by atoms with Crippen LogP contribution in [0.5, 0.6) is 0 Å². The first-order valence-electron chi connectivity index (χ1n) is 7.81. The summed E-state index contributed by atoms with van der Waals surface area (Å²) in [7, 11) is -1.81. The van der Waals surface area contributed by atoms with E-state index >= 15 is 0 Å². The number of Topliss-reactive ketones (excluding diaryl/α,β-unsaturated/α-hetero) is 1. The van der Waals surface area contributed by atoms with Crippen LogP contribution < -0.4 is 0 Å². The van der Waals surface area contributed by atoms with E-state index in [1.54, 1.807) is 6.92 Å². The van der Waals surface area contributed by atoms with Crippen LogP contribution in [0, 0.1) is 0 Å². The van der Waals surface area contributed by atoms with E-state index in [0.717, 1.165) is 0 Å². The molecular weight excluding hydrogens is 260 g/mol. The van der Waals surface area contributed by atoms with Crippen molar-refractivity contribution < 1.29 is 4.79 Å². The number of benzene rings is 1. The van der Waals surface area contributed by atoms with Gasteiger partial charge in [-0.3, -0.25) is 4.79 Å². The van der Waals surface area contributed by atoms with E-state index in [0.29, 0.717) is 22.4 Å². The van der Waals surface area contributed by atoms with Crippen LogP contribution in [0.4, 0.5) is 0 Å². The number of carbonyl (C=O) groups is 1. The zero-order valence-electron chi connectivity index (χ0n) is 14.1. The van der Waals surface area contributed by atoms with Crippen molar-refractivity contribution >= 4 is 13.9 Å². The molecule has 1 aromatic rings. The van der Waals surface area contributed by atoms with Crippen LogP contribution in [0.2, 0.25) is 16.6 Å². The maximum atomic E-state index is 12.5. The fourth-order valence-electron chi connectivity index (χ4n) is 4.52. The molecule has 0 N–H and O–H groups in total. The molecule has 0 bridgehead atoms. The Morgan fingerprint density at radius 3 is 1.55 bits per heavy atom. The van der Waals surface area contributed by atoms with Gasteiger partial charge in [0.15, 0.2) is 0 Å². The van der Waals surface area contributed by atoms with Crippen molar-refractivity contribution in [3.05, 3.63) is 35.9 Å². The van der Waals surface area contributed by atoms with Gasteiger partial charge in [-0.1, -0.05) is 71.9 Å². The lowest BCUT2D eigenvalue weighted by atomic mass is 10.1. The lowest BCUT2D eigenvalue weighted by molar-refractivity contribution is -0.117. The zero-order chi connectivity index (χ0) is 15.5. The van der Waals surface area contributed by atoms with E-state index in [-0.39, 0.29) is 5.54 Å². The smallest absolute Gasteiger partial charge is 0.134 e. The zero-order valence-corrected chi connectivity index (χ0v) is 15.1. The van der Waals surface area contributed by atoms with Crippen LogP contribution in [-0.2, 0) is 4.79 Å². The van der Waals surface area contributed by atoms with Gasteiger partial charge in [0.1, 0.15) is 5.78 Å². The van der Waals surface area contributed by atoms with E-state index in [1.807, 2.05) is 6.07 Å². The fourth-order valence-corrected chi connectivity index (χ4v) is 12.0. The van der Waals surface area contributed by atoms with E-state index in [4.69, 9.17) is 0 Å². The van der Waals surface area contributed by atoms with Gasteiger partial charge in [0.05, 0.1) is 8.07 Å². The molecule has 0 aliphatic carbocycles. The second-order valence-corrected chi connectivity index (χ2v) is 13.0. The first kappa shape index (κ1) is 17.2. The molecule has 20 heavy (non-hydrogen) atoms. The van der Waals surface area contributed by atoms with Crippen molar-refractivity contribution in [3.8, 4) is 0 Å². The number of ketones is 1. The molecule has 1 nitrogen and oxygen atoms in total. The minimum atomic E-state index is -1.81. The third kappa shape index (κ3) is 2.90. The maximum Gasteiger partial charge on any atom is 0.134 e. The van der Waals surface area contributed by atoms with Gasteiger partial charge in [0, 0.05) is 5.54 Å². The molecule has 1 atom stereocenters. The molecule has 0 saturated heterocycles. The largest absolute Gasteiger partial charge is 0.300 e. The Labute approximate surface area is 125 Å². The van der Waals surface area contributed by atoms with Crippen LogP contribution >= 0.6 is 0 Å². The average molecular weight is 291 g/mol. The van der Waals surface area contributed by atoms with E-state index in [1.165, 1.54) is 5.56 Å². The van der Waals surface area contributed by atoms with E-state index in [2.05, 4.69) is 65.8 Å². The number of carbonyl (C=O) groups excluding carboxylic acids is 1. The Morgan fingerprint density at radius 1 is 0.850 bits per heavy atom. The van der Waals surface area contributed by atoms with E-state index in [9.17, 15) is 4.79 Å². The topological polar surface area (TPSA) is 17.1 Å². The molecule has 0 fully saturated rings. The van der Waals surface area contributed by atoms with Gasteiger partial charge in [0.25, 0.3) is 0 Å². The monoisotopic (exact) mass is 290 g/mol. The maximum absolute atomic E-state index is 12.5. The van der Waals surface area contributed by atoms with Crippen LogP contribution in [0.1, 0.15) is 59.6 Å². The third-order valence-electron chi connectivity index (χ3n) is 5.04. The predicted molar refractivity (Wildman–Crippen MR) is 90.9 cm³/mol. The van der Waals surface area contributed by atoms with Gasteiger partial charge in [-0.2, -0.15) is 0 Å². The first-order valence-corrected chi connectivity index (χ1v) is 10.1. The number of hydrogen-bond donors (Lipinski definition) is 0. The molecule has 0 saturated carbocycles. The molecule has 0 heterocycles. The number of rotatable bonds is 6. The van der Waals surface area contributed by atoms with Gasteiger partial charge in [-0.05, 0) is 29.1 Å². The van der Waals surface area contributed by atoms with Crippen molar-refractivity contribution in [3.63, 3.8) is 0 Å². The summed E-state index contributed by atoms with van der Waals surface area (Å²) in [5.74, 6) is 0.346. The molecule has 1 aromatic carbocycles. The Balaban J connectivity index is 3.52. The van der Waals surface area contributed by atoms with Crippen LogP contribution in [0.15, 0.2) is 30.3 Å². The summed E-state index contributed by atoms with van der Waals surface area (Å²) in [6, 6.07) is 10.4. The molecule has 0 aliphatic heterocycles. The highest BCUT2D eigenvalue weighted by Gasteiger charge is 2.51. The van der Waals surface area contributed by atoms with Gasteiger partial charge >= 0.3 is 0 Å². The summed E-state index contributed by atoms with van der Waals surface area (Å²) in [4.78, 5) is 12.5. The molecule has 2 heteroatoms. The van der Waals surface area contributed by atoms with Gasteiger partial charge < -0.3 is 0 Å². The lowest BCUT2D eigenvalue weighted by Crippen LogP contribution is -2.52. The summed E-state index contributed by atoms with van der Waals surface area (Å²) in [5, 5.41) is 0. The highest BCUT2D eigenvalue weighted by atomic mass is 28.3. The molecule has 112 valence electrons. The average Bonchev–Trinajstić information content (AvgIpc) is 2.34. The molecule has 0 aliphatic rings. The first-order chi connectivity index (χ1) is 9.26. The minimum Gasteiger partial charge on any atom is -0.300 e. The van der Waals surface area contributed by atoms with Crippen LogP contribution in [0.25, 0.3) is 0 Å². The Morgan fingerprint density at radius 2 is 1.25 bits per heavy atom. The number of hydrogen-bond acceptors (Lipinski definition) is 1. The Bertz CT molecular complexity index is 412. The SMILES string of the molecule is CC(=O)C(c1ccccc1)[Si](C(C)C)(C(C)C)C(C)C. The van der Waals surface area contributed by atoms with Crippen LogP contribution in [-0.4, -0.2) is 13.9 Å². The molecule has 0 aromatic heterocycles. The fraction of sp³-hybridized carbons (Fsp3) is 0.611. The second kappa shape index (κ2) is 6.71. The quantitative estimate of drug-likeness (QED) is 0.625. The summed E-state index contributed by atoms with van der Waals surface area (Å²) in [6.07, 6.45) is 0. The predicted octanol–water partition coefficient (Wildman–Crippen LogP) is 5.58. The van der Waals surface area contributed by atoms with Crippen molar-refractivity contribution in [2.75, 3.05) is 0 Å². The Hall–Kier alpha value is -0.893. The van der Waals surface area contributed by atoms with Crippen LogP contribution in [0.3, 0.4) is 0 Å². The summed E-state index contributed by atoms with van der Waals surface area (Å²) in [5.41, 5.74) is 3.12. The molecule has 0 amide bonds. The van der Waals surface area contributed by atoms with Crippen molar-refractivity contribution in [1.82, 2.24) is 0 Å². The van der Waals surface area contributed by atoms with Crippen molar-refractivity contribution in [2.24, 2.45) is 0 Å². The summed E-state index contributed by atoms with van der Waals surface area (Å²) >= 11 is 0. The highest BCUT2D eigenvalue weighted by molar-refractivity contribution is 6.87. The second-order valence-electron chi connectivity index (χ2n) is 6.92. The lowest BCUT2D eigenvalue weighted by Gasteiger charge is -2.48. The standard InChI is InChI=1S/C18H30OSi/c1-13(2)20(14(3)4,15(5)6)18(16(7)19)17-11-9-8-10-12-17/h8-15,18H,1-7H3. The van der Waals surface area contributed by atoms with Gasteiger partial charge in [-0.15, -0.1) is 0 Å². The molecule has 0 spiro atoms. The molecule has 0 radical (unpaired) electrons. The molecular formula is C18H30OSi. The minimum absolute atomic E-state index is 0.115. The Kier molecular flexibility index (Phi) is 5.75. The highest BCUT2D eigenvalue weighted by Crippen LogP contribution is 2.50. The normalized spacial score (nSPS) is 14.1. The van der Waals surface area contributed by atoms with Crippen molar-refractivity contribution in [1.29, 1.82) is 0 Å². The van der Waals surface area contributed by atoms with Gasteiger partial charge in [0.2, 0.25) is 0 Å². The summed E-state index contributed by atoms with van der Waals surface area (Å²) in [6.45, 7) is 15.7.